The summed E-state index contributed by atoms with van der Waals surface area (Å²) in [7, 11) is 0. The quantitative estimate of drug-likeness (QED) is 0.436. The number of carbonyl (C=O) groups is 1. The van der Waals surface area contributed by atoms with Crippen LogP contribution < -0.4 is 10.9 Å². The van der Waals surface area contributed by atoms with E-state index in [1.807, 2.05) is 91.2 Å². The molecule has 0 aliphatic heterocycles. The number of para-hydroxylation sites is 1. The highest BCUT2D eigenvalue weighted by Gasteiger charge is 2.17. The first-order chi connectivity index (χ1) is 16.0. The Morgan fingerprint density at radius 2 is 1.70 bits per heavy atom. The second kappa shape index (κ2) is 8.39. The van der Waals surface area contributed by atoms with Crippen molar-refractivity contribution in [1.29, 1.82) is 0 Å². The van der Waals surface area contributed by atoms with Crippen LogP contribution in [0.2, 0.25) is 0 Å². The number of fused-ring (bicyclic) bond motifs is 3. The number of nitrogens with one attached hydrogen (secondary N) is 1. The molecule has 0 aliphatic carbocycles. The summed E-state index contributed by atoms with van der Waals surface area (Å²) in [5, 5.41) is 9.00. The third-order valence-corrected chi connectivity index (χ3v) is 5.92. The predicted octanol–water partition coefficient (Wildman–Crippen LogP) is 4.66. The van der Waals surface area contributed by atoms with E-state index in [0.717, 1.165) is 38.7 Å². The van der Waals surface area contributed by atoms with Gasteiger partial charge in [0.2, 0.25) is 5.91 Å². The van der Waals surface area contributed by atoms with Crippen molar-refractivity contribution in [3.63, 3.8) is 0 Å². The lowest BCUT2D eigenvalue weighted by molar-refractivity contribution is -0.117. The summed E-state index contributed by atoms with van der Waals surface area (Å²) in [6.07, 6.45) is 1.69. The molecule has 1 N–H and O–H groups in total. The first kappa shape index (κ1) is 20.7. The van der Waals surface area contributed by atoms with E-state index < -0.39 is 0 Å². The highest BCUT2D eigenvalue weighted by Crippen LogP contribution is 2.27. The molecule has 0 atom stereocenters. The fraction of sp³-hybridized carbons (Fsp3) is 0.148. The second-order valence-electron chi connectivity index (χ2n) is 8.33. The van der Waals surface area contributed by atoms with E-state index in [4.69, 9.17) is 0 Å². The summed E-state index contributed by atoms with van der Waals surface area (Å²) in [6.45, 7) is 4.31. The van der Waals surface area contributed by atoms with Crippen molar-refractivity contribution >= 4 is 33.4 Å². The van der Waals surface area contributed by atoms with Gasteiger partial charge in [-0.3, -0.25) is 9.59 Å². The van der Waals surface area contributed by atoms with E-state index in [1.54, 1.807) is 6.20 Å². The van der Waals surface area contributed by atoms with Gasteiger partial charge in [0, 0.05) is 28.5 Å². The summed E-state index contributed by atoms with van der Waals surface area (Å²) >= 11 is 0. The Morgan fingerprint density at radius 3 is 2.52 bits per heavy atom. The maximum absolute atomic E-state index is 13.5. The largest absolute Gasteiger partial charge is 0.331 e. The molecule has 2 heterocycles. The molecule has 164 valence electrons. The number of amides is 1. The molecule has 0 fully saturated rings. The van der Waals surface area contributed by atoms with Crippen molar-refractivity contribution < 1.29 is 4.79 Å². The Kier molecular flexibility index (Phi) is 5.26. The molecule has 1 amide bonds. The average Bonchev–Trinajstić information content (AvgIpc) is 3.13. The number of rotatable bonds is 5. The molecule has 33 heavy (non-hydrogen) atoms. The summed E-state index contributed by atoms with van der Waals surface area (Å²) in [5.74, 6) is -0.289. The summed E-state index contributed by atoms with van der Waals surface area (Å²) in [5.41, 5.74) is 5.09. The normalized spacial score (nSPS) is 11.2. The Morgan fingerprint density at radius 1 is 0.939 bits per heavy atom. The van der Waals surface area contributed by atoms with Gasteiger partial charge in [0.05, 0.1) is 6.20 Å². The third kappa shape index (κ3) is 3.91. The van der Waals surface area contributed by atoms with Gasteiger partial charge in [0.15, 0.2) is 0 Å². The molecule has 5 rings (SSSR count). The summed E-state index contributed by atoms with van der Waals surface area (Å²) in [4.78, 5) is 26.3. The standard InChI is InChI=1S/C27H24N4O2/c1-18-12-13-19(2)23(14-18)29-25(32)17-31-27(33)26-22(15-28-31)21-10-6-7-11-24(21)30(26)16-20-8-4-3-5-9-20/h3-15H,16-17H2,1-2H3,(H,29,32). The lowest BCUT2D eigenvalue weighted by Gasteiger charge is -2.11. The maximum atomic E-state index is 13.5. The number of hydrogen-bond acceptors (Lipinski definition) is 3. The van der Waals surface area contributed by atoms with Gasteiger partial charge in [-0.25, -0.2) is 4.68 Å². The van der Waals surface area contributed by atoms with E-state index in [9.17, 15) is 9.59 Å². The molecule has 0 unspecified atom stereocenters. The molecule has 0 radical (unpaired) electrons. The minimum absolute atomic E-state index is 0.158. The topological polar surface area (TPSA) is 68.9 Å². The highest BCUT2D eigenvalue weighted by atomic mass is 16.2. The molecule has 6 nitrogen and oxygen atoms in total. The van der Waals surface area contributed by atoms with Gasteiger partial charge in [-0.2, -0.15) is 5.10 Å². The van der Waals surface area contributed by atoms with Gasteiger partial charge in [0.25, 0.3) is 5.56 Å². The first-order valence-electron chi connectivity index (χ1n) is 10.9. The van der Waals surface area contributed by atoms with Crippen LogP contribution in [0.5, 0.6) is 0 Å². The Hall–Kier alpha value is -4.19. The van der Waals surface area contributed by atoms with E-state index in [-0.39, 0.29) is 18.0 Å². The number of carbonyl (C=O) groups excluding carboxylic acids is 1. The molecular weight excluding hydrogens is 412 g/mol. The zero-order valence-electron chi connectivity index (χ0n) is 18.6. The monoisotopic (exact) mass is 436 g/mol. The maximum Gasteiger partial charge on any atom is 0.291 e. The minimum atomic E-state index is -0.289. The molecule has 5 aromatic rings. The van der Waals surface area contributed by atoms with Crippen LogP contribution >= 0.6 is 0 Å². The first-order valence-corrected chi connectivity index (χ1v) is 10.9. The van der Waals surface area contributed by atoms with Crippen LogP contribution in [-0.2, 0) is 17.9 Å². The van der Waals surface area contributed by atoms with Crippen molar-refractivity contribution in [2.24, 2.45) is 0 Å². The smallest absolute Gasteiger partial charge is 0.291 e. The van der Waals surface area contributed by atoms with Crippen molar-refractivity contribution in [3.8, 4) is 0 Å². The van der Waals surface area contributed by atoms with Crippen LogP contribution in [0.25, 0.3) is 21.8 Å². The molecule has 0 bridgehead atoms. The van der Waals surface area contributed by atoms with E-state index in [0.29, 0.717) is 12.1 Å². The number of anilines is 1. The van der Waals surface area contributed by atoms with E-state index in [1.165, 1.54) is 4.68 Å². The van der Waals surface area contributed by atoms with Gasteiger partial charge in [-0.15, -0.1) is 0 Å². The Balaban J connectivity index is 1.56. The third-order valence-electron chi connectivity index (χ3n) is 5.92. The van der Waals surface area contributed by atoms with Gasteiger partial charge in [-0.05, 0) is 42.7 Å². The second-order valence-corrected chi connectivity index (χ2v) is 8.33. The van der Waals surface area contributed by atoms with Crippen LogP contribution in [0.3, 0.4) is 0 Å². The Bertz CT molecular complexity index is 1550. The molecule has 3 aromatic carbocycles. The minimum Gasteiger partial charge on any atom is -0.331 e. The number of aryl methyl sites for hydroxylation is 2. The number of nitrogens with zero attached hydrogens (tertiary/aromatic N) is 3. The predicted molar refractivity (Wildman–Crippen MR) is 132 cm³/mol. The average molecular weight is 437 g/mol. The number of hydrogen-bond donors (Lipinski definition) is 1. The van der Waals surface area contributed by atoms with Gasteiger partial charge in [-0.1, -0.05) is 60.7 Å². The van der Waals surface area contributed by atoms with E-state index in [2.05, 4.69) is 10.4 Å². The Labute approximate surface area is 191 Å². The van der Waals surface area contributed by atoms with Gasteiger partial charge >= 0.3 is 0 Å². The lowest BCUT2D eigenvalue weighted by atomic mass is 10.1. The molecule has 0 saturated carbocycles. The fourth-order valence-corrected chi connectivity index (χ4v) is 4.23. The summed E-state index contributed by atoms with van der Waals surface area (Å²) in [6, 6.07) is 23.8. The zero-order valence-corrected chi connectivity index (χ0v) is 18.6. The molecule has 0 aliphatic rings. The number of aromatic nitrogens is 3. The van der Waals surface area contributed by atoms with Gasteiger partial charge < -0.3 is 9.88 Å². The zero-order chi connectivity index (χ0) is 22.9. The van der Waals surface area contributed by atoms with Crippen LogP contribution in [0, 0.1) is 13.8 Å². The fourth-order valence-electron chi connectivity index (χ4n) is 4.23. The highest BCUT2D eigenvalue weighted by molar-refractivity contribution is 6.07. The molecule has 2 aromatic heterocycles. The van der Waals surface area contributed by atoms with Crippen molar-refractivity contribution in [1.82, 2.24) is 14.3 Å². The van der Waals surface area contributed by atoms with Crippen molar-refractivity contribution in [3.05, 3.63) is 106 Å². The van der Waals surface area contributed by atoms with Crippen molar-refractivity contribution in [2.75, 3.05) is 5.32 Å². The van der Waals surface area contributed by atoms with Crippen LogP contribution in [0.1, 0.15) is 16.7 Å². The van der Waals surface area contributed by atoms with Crippen LogP contribution in [-0.4, -0.2) is 20.3 Å². The molecule has 0 saturated heterocycles. The van der Waals surface area contributed by atoms with Gasteiger partial charge in [0.1, 0.15) is 12.1 Å². The van der Waals surface area contributed by atoms with Crippen molar-refractivity contribution in [2.45, 2.75) is 26.9 Å². The lowest BCUT2D eigenvalue weighted by Crippen LogP contribution is -2.30. The number of benzene rings is 3. The molecular formula is C27H24N4O2. The van der Waals surface area contributed by atoms with E-state index >= 15 is 0 Å². The molecule has 6 heteroatoms. The molecule has 0 spiro atoms. The SMILES string of the molecule is Cc1ccc(C)c(NC(=O)Cn2ncc3c4ccccc4n(Cc4ccccc4)c3c2=O)c1. The summed E-state index contributed by atoms with van der Waals surface area (Å²) < 4.78 is 3.26. The van der Waals surface area contributed by atoms with Crippen LogP contribution in [0.15, 0.2) is 83.8 Å². The van der Waals surface area contributed by atoms with Crippen LogP contribution in [0.4, 0.5) is 5.69 Å².